The molecule has 2 aliphatic heterocycles. The third-order valence-electron chi connectivity index (χ3n) is 5.64. The third kappa shape index (κ3) is 3.28. The van der Waals surface area contributed by atoms with E-state index in [0.29, 0.717) is 12.4 Å². The molecule has 0 radical (unpaired) electrons. The smallest absolute Gasteiger partial charge is 0.128 e. The molecule has 0 bridgehead atoms. The van der Waals surface area contributed by atoms with Crippen molar-refractivity contribution in [2.75, 3.05) is 53.5 Å². The van der Waals surface area contributed by atoms with Crippen LogP contribution in [0.5, 0.6) is 0 Å². The molecule has 1 saturated heterocycles. The molecule has 1 fully saturated rings. The number of nitrogens with zero attached hydrogens (tertiary/aromatic N) is 4. The largest absolute Gasteiger partial charge is 0.367 e. The van der Waals surface area contributed by atoms with E-state index in [1.807, 2.05) is 31.3 Å². The molecule has 0 aliphatic carbocycles. The zero-order valence-electron chi connectivity index (χ0n) is 14.8. The van der Waals surface area contributed by atoms with Gasteiger partial charge >= 0.3 is 0 Å². The average molecular weight is 323 g/mol. The van der Waals surface area contributed by atoms with Crippen LogP contribution in [-0.2, 0) is 0 Å². The predicted molar refractivity (Wildman–Crippen MR) is 93.4 cm³/mol. The van der Waals surface area contributed by atoms with Crippen LogP contribution in [0.3, 0.4) is 0 Å². The van der Waals surface area contributed by atoms with E-state index in [4.69, 9.17) is 5.41 Å². The van der Waals surface area contributed by atoms with Gasteiger partial charge in [-0.25, -0.2) is 4.39 Å². The van der Waals surface area contributed by atoms with Crippen molar-refractivity contribution >= 4 is 5.84 Å². The molecule has 1 unspecified atom stereocenters. The molecule has 2 rings (SSSR count). The first kappa shape index (κ1) is 17.9. The molecule has 130 valence electrons. The summed E-state index contributed by atoms with van der Waals surface area (Å²) in [6, 6.07) is 0.172. The van der Waals surface area contributed by atoms with Gasteiger partial charge in [-0.05, 0) is 19.9 Å². The molecule has 2 aliphatic rings. The van der Waals surface area contributed by atoms with Crippen molar-refractivity contribution < 1.29 is 4.39 Å². The molecule has 6 heteroatoms. The average Bonchev–Trinajstić information content (AvgIpc) is 2.63. The summed E-state index contributed by atoms with van der Waals surface area (Å²) in [4.78, 5) is 8.55. The number of rotatable bonds is 4. The van der Waals surface area contributed by atoms with Crippen molar-refractivity contribution in [2.45, 2.75) is 25.4 Å². The summed E-state index contributed by atoms with van der Waals surface area (Å²) < 4.78 is 12.5. The van der Waals surface area contributed by atoms with Crippen LogP contribution in [0.15, 0.2) is 24.6 Å². The lowest BCUT2D eigenvalue weighted by Gasteiger charge is -2.50. The molecule has 0 amide bonds. The Hall–Kier alpha value is -1.40. The Morgan fingerprint density at radius 3 is 2.48 bits per heavy atom. The standard InChI is InChI=1S/C17H30FN5/c1-14-6-8-20(4)17(3,16(19)21(14)5)15(2)23-12-10-22(9-7-18)11-13-23/h6,8,15,19H,1,7,9-13H2,2-5H3/t15-,17?/m1/s1. The van der Waals surface area contributed by atoms with Gasteiger partial charge in [0.15, 0.2) is 0 Å². The molecular formula is C17H30FN5. The van der Waals surface area contributed by atoms with Crippen LogP contribution in [0, 0.1) is 5.41 Å². The normalized spacial score (nSPS) is 29.1. The highest BCUT2D eigenvalue weighted by molar-refractivity contribution is 5.91. The first-order chi connectivity index (χ1) is 10.8. The van der Waals surface area contributed by atoms with E-state index >= 15 is 0 Å². The van der Waals surface area contributed by atoms with Crippen molar-refractivity contribution in [1.82, 2.24) is 19.6 Å². The second-order valence-corrected chi connectivity index (χ2v) is 6.72. The van der Waals surface area contributed by atoms with Crippen molar-refractivity contribution in [3.05, 3.63) is 24.6 Å². The Kier molecular flexibility index (Phi) is 5.47. The number of alkyl halides is 1. The Balaban J connectivity index is 2.16. The lowest BCUT2D eigenvalue weighted by Crippen LogP contribution is -2.65. The summed E-state index contributed by atoms with van der Waals surface area (Å²) in [7, 11) is 3.92. The zero-order chi connectivity index (χ0) is 17.2. The maximum Gasteiger partial charge on any atom is 0.128 e. The van der Waals surface area contributed by atoms with Crippen LogP contribution in [-0.4, -0.2) is 90.5 Å². The molecule has 5 nitrogen and oxygen atoms in total. The molecule has 0 aromatic carbocycles. The number of piperazine rings is 1. The van der Waals surface area contributed by atoms with Crippen LogP contribution in [0.1, 0.15) is 13.8 Å². The third-order valence-corrected chi connectivity index (χ3v) is 5.64. The van der Waals surface area contributed by atoms with E-state index in [-0.39, 0.29) is 12.7 Å². The Morgan fingerprint density at radius 2 is 1.91 bits per heavy atom. The number of hydrogen-bond donors (Lipinski definition) is 1. The summed E-state index contributed by atoms with van der Waals surface area (Å²) in [6.07, 6.45) is 3.96. The van der Waals surface area contributed by atoms with Crippen molar-refractivity contribution in [3.63, 3.8) is 0 Å². The van der Waals surface area contributed by atoms with Crippen LogP contribution in [0.4, 0.5) is 4.39 Å². The van der Waals surface area contributed by atoms with Crippen LogP contribution < -0.4 is 0 Å². The summed E-state index contributed by atoms with van der Waals surface area (Å²) in [5, 5.41) is 8.70. The first-order valence-corrected chi connectivity index (χ1v) is 8.27. The number of allylic oxidation sites excluding steroid dienone is 1. The van der Waals surface area contributed by atoms with Gasteiger partial charge in [-0.2, -0.15) is 0 Å². The van der Waals surface area contributed by atoms with Gasteiger partial charge in [0.25, 0.3) is 0 Å². The fraction of sp³-hybridized carbons (Fsp3) is 0.706. The molecule has 1 N–H and O–H groups in total. The maximum absolute atomic E-state index is 12.5. The lowest BCUT2D eigenvalue weighted by atomic mass is 9.88. The monoisotopic (exact) mass is 323 g/mol. The molecule has 0 spiro atoms. The number of likely N-dealkylation sites (N-methyl/N-ethyl adjacent to an activating group) is 2. The molecular weight excluding hydrogens is 293 g/mol. The fourth-order valence-corrected chi connectivity index (χ4v) is 3.46. The van der Waals surface area contributed by atoms with Gasteiger partial charge in [0.05, 0.1) is 0 Å². The van der Waals surface area contributed by atoms with Gasteiger partial charge in [0, 0.05) is 64.8 Å². The van der Waals surface area contributed by atoms with E-state index < -0.39 is 5.54 Å². The predicted octanol–water partition coefficient (Wildman–Crippen LogP) is 1.60. The minimum Gasteiger partial charge on any atom is -0.367 e. The SMILES string of the molecule is C=C1C=CN(C)C(C)([C@@H](C)N2CCN(CCF)CC2)C(=N)N1C. The van der Waals surface area contributed by atoms with E-state index in [9.17, 15) is 4.39 Å². The number of halogens is 1. The maximum atomic E-state index is 12.5. The van der Waals surface area contributed by atoms with E-state index in [2.05, 4.69) is 35.1 Å². The van der Waals surface area contributed by atoms with Crippen LogP contribution in [0.25, 0.3) is 0 Å². The van der Waals surface area contributed by atoms with Crippen molar-refractivity contribution in [3.8, 4) is 0 Å². The zero-order valence-corrected chi connectivity index (χ0v) is 14.8. The highest BCUT2D eigenvalue weighted by Crippen LogP contribution is 2.30. The second-order valence-electron chi connectivity index (χ2n) is 6.72. The first-order valence-electron chi connectivity index (χ1n) is 8.27. The molecule has 0 saturated carbocycles. The Morgan fingerprint density at radius 1 is 1.30 bits per heavy atom. The van der Waals surface area contributed by atoms with Gasteiger partial charge in [-0.15, -0.1) is 0 Å². The highest BCUT2D eigenvalue weighted by atomic mass is 19.1. The topological polar surface area (TPSA) is 36.8 Å². The lowest BCUT2D eigenvalue weighted by molar-refractivity contribution is 0.0489. The Labute approximate surface area is 139 Å². The number of amidine groups is 1. The summed E-state index contributed by atoms with van der Waals surface area (Å²) in [5.41, 5.74) is 0.387. The minimum absolute atomic E-state index is 0.172. The van der Waals surface area contributed by atoms with Crippen LogP contribution in [0.2, 0.25) is 0 Å². The minimum atomic E-state index is -0.438. The van der Waals surface area contributed by atoms with E-state index in [1.54, 1.807) is 0 Å². The highest BCUT2D eigenvalue weighted by Gasteiger charge is 2.44. The quantitative estimate of drug-likeness (QED) is 0.853. The molecule has 0 aromatic rings. The summed E-state index contributed by atoms with van der Waals surface area (Å²) in [6.45, 7) is 12.2. The van der Waals surface area contributed by atoms with E-state index in [1.165, 1.54) is 0 Å². The van der Waals surface area contributed by atoms with Gasteiger partial charge in [0.2, 0.25) is 0 Å². The van der Waals surface area contributed by atoms with Crippen LogP contribution >= 0.6 is 0 Å². The molecule has 23 heavy (non-hydrogen) atoms. The molecule has 2 heterocycles. The van der Waals surface area contributed by atoms with Gasteiger partial charge < -0.3 is 9.80 Å². The summed E-state index contributed by atoms with van der Waals surface area (Å²) in [5.74, 6) is 0.550. The van der Waals surface area contributed by atoms with Gasteiger partial charge in [-0.3, -0.25) is 15.2 Å². The number of nitrogens with one attached hydrogen (secondary N) is 1. The van der Waals surface area contributed by atoms with Crippen molar-refractivity contribution in [2.24, 2.45) is 0 Å². The fourth-order valence-electron chi connectivity index (χ4n) is 3.46. The van der Waals surface area contributed by atoms with Gasteiger partial charge in [-0.1, -0.05) is 6.58 Å². The number of hydrogen-bond acceptors (Lipinski definition) is 4. The molecule has 2 atom stereocenters. The molecule has 0 aromatic heterocycles. The summed E-state index contributed by atoms with van der Waals surface area (Å²) >= 11 is 0. The van der Waals surface area contributed by atoms with E-state index in [0.717, 1.165) is 31.9 Å². The van der Waals surface area contributed by atoms with Gasteiger partial charge in [0.1, 0.15) is 18.0 Å². The Bertz CT molecular complexity index is 483. The van der Waals surface area contributed by atoms with Crippen molar-refractivity contribution in [1.29, 1.82) is 5.41 Å². The second kappa shape index (κ2) is 7.01.